The van der Waals surface area contributed by atoms with Crippen LogP contribution in [0.5, 0.6) is 5.75 Å². The van der Waals surface area contributed by atoms with Crippen LogP contribution in [0.2, 0.25) is 0 Å². The molecule has 0 unspecified atom stereocenters. The summed E-state index contributed by atoms with van der Waals surface area (Å²) in [7, 11) is -4.00. The van der Waals surface area contributed by atoms with Gasteiger partial charge in [-0.15, -0.1) is 0 Å². The number of rotatable bonds is 6. The number of aryl methyl sites for hydroxylation is 2. The maximum absolute atomic E-state index is 12.9. The molecule has 3 aromatic rings. The van der Waals surface area contributed by atoms with E-state index in [1.807, 2.05) is 6.07 Å². The second kappa shape index (κ2) is 8.45. The van der Waals surface area contributed by atoms with Gasteiger partial charge in [0.25, 0.3) is 0 Å². The van der Waals surface area contributed by atoms with Crippen LogP contribution in [0.15, 0.2) is 71.6 Å². The highest BCUT2D eigenvalue weighted by molar-refractivity contribution is 7.87. The predicted octanol–water partition coefficient (Wildman–Crippen LogP) is 4.57. The van der Waals surface area contributed by atoms with Gasteiger partial charge in [0.05, 0.1) is 5.56 Å². The Kier molecular flexibility index (Phi) is 5.98. The molecule has 0 bridgehead atoms. The first-order chi connectivity index (χ1) is 13.7. The first kappa shape index (κ1) is 20.5. The van der Waals surface area contributed by atoms with Gasteiger partial charge < -0.3 is 8.92 Å². The van der Waals surface area contributed by atoms with Crippen molar-refractivity contribution < 1.29 is 26.5 Å². The van der Waals surface area contributed by atoms with E-state index in [2.05, 4.69) is 0 Å². The largest absolute Gasteiger partial charge is 0.457 e. The lowest BCUT2D eigenvalue weighted by atomic mass is 10.2. The van der Waals surface area contributed by atoms with Crippen molar-refractivity contribution >= 4 is 16.1 Å². The van der Waals surface area contributed by atoms with Crippen LogP contribution in [0.4, 0.5) is 4.39 Å². The van der Waals surface area contributed by atoms with E-state index in [-0.39, 0.29) is 28.6 Å². The molecule has 3 aromatic carbocycles. The quantitative estimate of drug-likeness (QED) is 0.437. The maximum Gasteiger partial charge on any atom is 0.339 e. The fourth-order valence-electron chi connectivity index (χ4n) is 2.61. The average molecular weight is 414 g/mol. The summed E-state index contributed by atoms with van der Waals surface area (Å²) >= 11 is 0. The number of esters is 1. The molecule has 0 spiro atoms. The summed E-state index contributed by atoms with van der Waals surface area (Å²) in [6, 6.07) is 16.3. The summed E-state index contributed by atoms with van der Waals surface area (Å²) < 4.78 is 48.3. The van der Waals surface area contributed by atoms with Crippen molar-refractivity contribution in [2.75, 3.05) is 0 Å². The maximum atomic E-state index is 12.9. The first-order valence-electron chi connectivity index (χ1n) is 8.78. The number of carbonyl (C=O) groups is 1. The number of benzene rings is 3. The fraction of sp³-hybridized carbons (Fsp3) is 0.136. The van der Waals surface area contributed by atoms with E-state index in [4.69, 9.17) is 8.92 Å². The van der Waals surface area contributed by atoms with Crippen LogP contribution < -0.4 is 4.18 Å². The Hall–Kier alpha value is -3.19. The van der Waals surface area contributed by atoms with Gasteiger partial charge in [0.2, 0.25) is 0 Å². The Labute approximate surface area is 168 Å². The Balaban J connectivity index is 1.67. The standard InChI is InChI=1S/C22H19FO5S/c1-15-3-4-16(2)21(13-15)29(25,26)28-20-11-7-18(8-12-20)22(24)27-14-17-5-9-19(23)10-6-17/h3-13H,14H2,1-2H3. The van der Waals surface area contributed by atoms with E-state index in [1.54, 1.807) is 26.0 Å². The first-order valence-corrected chi connectivity index (χ1v) is 10.2. The monoisotopic (exact) mass is 414 g/mol. The SMILES string of the molecule is Cc1ccc(C)c(S(=O)(=O)Oc2ccc(C(=O)OCc3ccc(F)cc3)cc2)c1. The molecule has 5 nitrogen and oxygen atoms in total. The lowest BCUT2D eigenvalue weighted by Crippen LogP contribution is -2.12. The van der Waals surface area contributed by atoms with Crippen molar-refractivity contribution in [3.8, 4) is 5.75 Å². The Bertz CT molecular complexity index is 1120. The molecule has 0 saturated heterocycles. The molecular weight excluding hydrogens is 395 g/mol. The summed E-state index contributed by atoms with van der Waals surface area (Å²) in [5, 5.41) is 0. The van der Waals surface area contributed by atoms with Crippen molar-refractivity contribution in [2.24, 2.45) is 0 Å². The predicted molar refractivity (Wildman–Crippen MR) is 106 cm³/mol. The molecular formula is C22H19FO5S. The minimum Gasteiger partial charge on any atom is -0.457 e. The summed E-state index contributed by atoms with van der Waals surface area (Å²) in [6.45, 7) is 3.49. The molecule has 0 atom stereocenters. The number of ether oxygens (including phenoxy) is 1. The summed E-state index contributed by atoms with van der Waals surface area (Å²) in [6.07, 6.45) is 0. The van der Waals surface area contributed by atoms with Gasteiger partial charge in [-0.2, -0.15) is 8.42 Å². The molecule has 7 heteroatoms. The summed E-state index contributed by atoms with van der Waals surface area (Å²) in [5.74, 6) is -0.870. The van der Waals surface area contributed by atoms with Gasteiger partial charge in [-0.1, -0.05) is 24.3 Å². The average Bonchev–Trinajstić information content (AvgIpc) is 2.69. The zero-order chi connectivity index (χ0) is 21.0. The van der Waals surface area contributed by atoms with Crippen molar-refractivity contribution in [2.45, 2.75) is 25.3 Å². The summed E-state index contributed by atoms with van der Waals surface area (Å²) in [4.78, 5) is 12.2. The Morgan fingerprint density at radius 1 is 0.931 bits per heavy atom. The van der Waals surface area contributed by atoms with Gasteiger partial charge in [0, 0.05) is 0 Å². The van der Waals surface area contributed by atoms with Gasteiger partial charge in [-0.3, -0.25) is 0 Å². The fourth-order valence-corrected chi connectivity index (χ4v) is 3.85. The molecule has 0 heterocycles. The molecule has 0 N–H and O–H groups in total. The van der Waals surface area contributed by atoms with Gasteiger partial charge in [-0.25, -0.2) is 9.18 Å². The molecule has 0 saturated carbocycles. The lowest BCUT2D eigenvalue weighted by Gasteiger charge is -2.10. The normalized spacial score (nSPS) is 11.1. The van der Waals surface area contributed by atoms with Crippen molar-refractivity contribution in [3.05, 3.63) is 94.8 Å². The van der Waals surface area contributed by atoms with E-state index in [1.165, 1.54) is 48.5 Å². The minimum absolute atomic E-state index is 0.00161. The van der Waals surface area contributed by atoms with Crippen LogP contribution >= 0.6 is 0 Å². The molecule has 0 aliphatic carbocycles. The van der Waals surface area contributed by atoms with Gasteiger partial charge in [0.1, 0.15) is 23.1 Å². The van der Waals surface area contributed by atoms with Gasteiger partial charge >= 0.3 is 16.1 Å². The van der Waals surface area contributed by atoms with Crippen LogP contribution in [0.25, 0.3) is 0 Å². The highest BCUT2D eigenvalue weighted by Gasteiger charge is 2.20. The number of hydrogen-bond acceptors (Lipinski definition) is 5. The molecule has 0 fully saturated rings. The third-order valence-corrected chi connectivity index (χ3v) is 5.58. The molecule has 0 radical (unpaired) electrons. The van der Waals surface area contributed by atoms with E-state index in [0.717, 1.165) is 5.56 Å². The smallest absolute Gasteiger partial charge is 0.339 e. The Morgan fingerprint density at radius 2 is 1.59 bits per heavy atom. The lowest BCUT2D eigenvalue weighted by molar-refractivity contribution is 0.0472. The van der Waals surface area contributed by atoms with Crippen LogP contribution in [-0.4, -0.2) is 14.4 Å². The van der Waals surface area contributed by atoms with Crippen LogP contribution in [-0.2, 0) is 21.5 Å². The molecule has 3 rings (SSSR count). The minimum atomic E-state index is -4.00. The topological polar surface area (TPSA) is 69.7 Å². The Morgan fingerprint density at radius 3 is 2.24 bits per heavy atom. The third kappa shape index (κ3) is 5.20. The highest BCUT2D eigenvalue weighted by Crippen LogP contribution is 2.23. The molecule has 0 aliphatic rings. The van der Waals surface area contributed by atoms with E-state index >= 15 is 0 Å². The number of hydrogen-bond donors (Lipinski definition) is 0. The molecule has 150 valence electrons. The summed E-state index contributed by atoms with van der Waals surface area (Å²) in [5.41, 5.74) is 2.27. The van der Waals surface area contributed by atoms with Crippen LogP contribution in [0.1, 0.15) is 27.0 Å². The third-order valence-electron chi connectivity index (χ3n) is 4.19. The highest BCUT2D eigenvalue weighted by atomic mass is 32.2. The van der Waals surface area contributed by atoms with Crippen LogP contribution in [0, 0.1) is 19.7 Å². The van der Waals surface area contributed by atoms with Crippen molar-refractivity contribution in [3.63, 3.8) is 0 Å². The zero-order valence-electron chi connectivity index (χ0n) is 15.9. The number of halogens is 1. The van der Waals surface area contributed by atoms with Crippen molar-refractivity contribution in [1.29, 1.82) is 0 Å². The molecule has 29 heavy (non-hydrogen) atoms. The molecule has 0 aliphatic heterocycles. The van der Waals surface area contributed by atoms with Gasteiger partial charge in [-0.05, 0) is 73.0 Å². The van der Waals surface area contributed by atoms with E-state index < -0.39 is 16.1 Å². The second-order valence-corrected chi connectivity index (χ2v) is 8.05. The van der Waals surface area contributed by atoms with Gasteiger partial charge in [0.15, 0.2) is 0 Å². The number of carbonyl (C=O) groups excluding carboxylic acids is 1. The van der Waals surface area contributed by atoms with Crippen molar-refractivity contribution in [1.82, 2.24) is 0 Å². The molecule has 0 aromatic heterocycles. The second-order valence-electron chi connectivity index (χ2n) is 6.53. The van der Waals surface area contributed by atoms with E-state index in [0.29, 0.717) is 11.1 Å². The molecule has 0 amide bonds. The van der Waals surface area contributed by atoms with E-state index in [9.17, 15) is 17.6 Å². The van der Waals surface area contributed by atoms with Crippen LogP contribution in [0.3, 0.4) is 0 Å². The zero-order valence-corrected chi connectivity index (χ0v) is 16.7.